The largest absolute Gasteiger partial charge is 1.00 e. The summed E-state index contributed by atoms with van der Waals surface area (Å²) in [4.78, 5) is 0. The number of rotatable bonds is 9. The molecule has 0 unspecified atom stereocenters. The van der Waals surface area contributed by atoms with Gasteiger partial charge in [0.1, 0.15) is 0 Å². The van der Waals surface area contributed by atoms with E-state index in [1.807, 2.05) is 18.2 Å². The fraction of sp³-hybridized carbons (Fsp3) is 0.500. The minimum Gasteiger partial charge on any atom is -1.00 e. The van der Waals surface area contributed by atoms with E-state index in [4.69, 9.17) is 5.11 Å². The van der Waals surface area contributed by atoms with Crippen molar-refractivity contribution in [2.24, 2.45) is 0 Å². The van der Waals surface area contributed by atoms with E-state index < -0.39 is 0 Å². The summed E-state index contributed by atoms with van der Waals surface area (Å²) in [6, 6.07) is 0. The smallest absolute Gasteiger partial charge is 0.0975 e. The number of hydrogen-bond acceptors (Lipinski definition) is 1. The van der Waals surface area contributed by atoms with Crippen LogP contribution < -0.4 is 24.0 Å². The third-order valence-electron chi connectivity index (χ3n) is 2.34. The third-order valence-corrected chi connectivity index (χ3v) is 2.34. The molecule has 0 aliphatic heterocycles. The molecule has 0 saturated heterocycles. The van der Waals surface area contributed by atoms with Crippen LogP contribution in [0.1, 0.15) is 6.42 Å². The zero-order chi connectivity index (χ0) is 10.9. The average Bonchev–Trinajstić information content (AvgIpc) is 2.16. The van der Waals surface area contributed by atoms with E-state index in [1.54, 1.807) is 0 Å². The quantitative estimate of drug-likeness (QED) is 0.319. The number of quaternary nitrogens is 1. The number of halogens is 1. The maximum Gasteiger partial charge on any atom is 0.0975 e. The number of nitrogens with zero attached hydrogens (tertiary/aromatic N) is 1. The molecule has 0 amide bonds. The van der Waals surface area contributed by atoms with Gasteiger partial charge in [-0.05, 0) is 18.2 Å². The molecule has 15 heavy (non-hydrogen) atoms. The molecule has 1 N–H and O–H groups in total. The molecule has 88 valence electrons. The second-order valence-corrected chi connectivity index (χ2v) is 3.56. The van der Waals surface area contributed by atoms with E-state index in [9.17, 15) is 0 Å². The lowest BCUT2D eigenvalue weighted by atomic mass is 10.2. The monoisotopic (exact) mass is 323 g/mol. The normalized spacial score (nSPS) is 10.2. The van der Waals surface area contributed by atoms with Crippen LogP contribution in [0.15, 0.2) is 38.0 Å². The Hall–Kier alpha value is -0.130. The van der Waals surface area contributed by atoms with Crippen LogP contribution in [0.2, 0.25) is 0 Å². The van der Waals surface area contributed by atoms with Crippen molar-refractivity contribution in [2.75, 3.05) is 32.8 Å². The van der Waals surface area contributed by atoms with Gasteiger partial charge in [-0.1, -0.05) is 19.7 Å². The molecule has 0 aliphatic carbocycles. The van der Waals surface area contributed by atoms with Crippen molar-refractivity contribution >= 4 is 0 Å². The molecule has 0 aromatic heterocycles. The van der Waals surface area contributed by atoms with Crippen molar-refractivity contribution in [2.45, 2.75) is 6.42 Å². The lowest BCUT2D eigenvalue weighted by molar-refractivity contribution is -0.912. The van der Waals surface area contributed by atoms with Gasteiger partial charge in [-0.15, -0.1) is 0 Å². The van der Waals surface area contributed by atoms with Crippen LogP contribution in [0.5, 0.6) is 0 Å². The molecule has 0 aliphatic rings. The zero-order valence-electron chi connectivity index (χ0n) is 9.37. The maximum atomic E-state index is 8.85. The highest BCUT2D eigenvalue weighted by Gasteiger charge is 2.21. The van der Waals surface area contributed by atoms with Gasteiger partial charge in [0.05, 0.1) is 26.2 Å². The van der Waals surface area contributed by atoms with Crippen LogP contribution in [-0.2, 0) is 0 Å². The minimum atomic E-state index is 0. The fourth-order valence-corrected chi connectivity index (χ4v) is 1.73. The van der Waals surface area contributed by atoms with E-state index in [0.717, 1.165) is 37.1 Å². The average molecular weight is 323 g/mol. The SMILES string of the molecule is C=CC[N+](CC=C)(CC=C)CCCO.[I-]. The summed E-state index contributed by atoms with van der Waals surface area (Å²) >= 11 is 0. The van der Waals surface area contributed by atoms with E-state index in [0.29, 0.717) is 0 Å². The van der Waals surface area contributed by atoms with Crippen molar-refractivity contribution in [1.82, 2.24) is 0 Å². The van der Waals surface area contributed by atoms with Crippen molar-refractivity contribution in [3.8, 4) is 0 Å². The van der Waals surface area contributed by atoms with Gasteiger partial charge in [-0.2, -0.15) is 0 Å². The molecule has 3 heteroatoms. The summed E-state index contributed by atoms with van der Waals surface area (Å²) in [6.07, 6.45) is 6.58. The highest BCUT2D eigenvalue weighted by molar-refractivity contribution is 4.76. The molecular weight excluding hydrogens is 301 g/mol. The van der Waals surface area contributed by atoms with Gasteiger partial charge < -0.3 is 33.6 Å². The molecule has 0 fully saturated rings. The van der Waals surface area contributed by atoms with Gasteiger partial charge in [-0.3, -0.25) is 0 Å². The second kappa shape index (κ2) is 10.4. The van der Waals surface area contributed by atoms with E-state index in [2.05, 4.69) is 19.7 Å². The molecule has 2 nitrogen and oxygen atoms in total. The Kier molecular flexibility index (Phi) is 12.0. The summed E-state index contributed by atoms with van der Waals surface area (Å²) in [5, 5.41) is 8.85. The Balaban J connectivity index is 0. The Morgan fingerprint density at radius 3 is 1.60 bits per heavy atom. The number of hydrogen-bond donors (Lipinski definition) is 1. The van der Waals surface area contributed by atoms with E-state index in [1.165, 1.54) is 0 Å². The standard InChI is InChI=1S/C12H22NO.HI/c1-4-8-13(9-5-2,10-6-3)11-7-12-14;/h4-6,14H,1-3,7-12H2;1H/q+1;/p-1. The molecule has 0 heterocycles. The molecule has 0 spiro atoms. The Morgan fingerprint density at radius 2 is 1.33 bits per heavy atom. The Morgan fingerprint density at radius 1 is 0.933 bits per heavy atom. The summed E-state index contributed by atoms with van der Waals surface area (Å²) in [6.45, 7) is 15.2. The van der Waals surface area contributed by atoms with Crippen LogP contribution in [0.4, 0.5) is 0 Å². The molecule has 0 atom stereocenters. The summed E-state index contributed by atoms with van der Waals surface area (Å²) < 4.78 is 0.872. The van der Waals surface area contributed by atoms with Gasteiger partial charge in [0.25, 0.3) is 0 Å². The molecule has 0 radical (unpaired) electrons. The van der Waals surface area contributed by atoms with Crippen molar-refractivity contribution in [3.63, 3.8) is 0 Å². The minimum absolute atomic E-state index is 0. The van der Waals surface area contributed by atoms with Crippen LogP contribution >= 0.6 is 0 Å². The van der Waals surface area contributed by atoms with E-state index >= 15 is 0 Å². The lowest BCUT2D eigenvalue weighted by Crippen LogP contribution is -3.00. The second-order valence-electron chi connectivity index (χ2n) is 3.56. The van der Waals surface area contributed by atoms with Crippen LogP contribution in [0.25, 0.3) is 0 Å². The topological polar surface area (TPSA) is 20.2 Å². The Bertz CT molecular complexity index is 166. The predicted octanol–water partition coefficient (Wildman–Crippen LogP) is -1.25. The summed E-state index contributed by atoms with van der Waals surface area (Å²) in [7, 11) is 0. The lowest BCUT2D eigenvalue weighted by Gasteiger charge is -2.36. The van der Waals surface area contributed by atoms with Gasteiger partial charge in [0, 0.05) is 13.0 Å². The molecule has 0 saturated carbocycles. The first kappa shape index (κ1) is 17.3. The van der Waals surface area contributed by atoms with E-state index in [-0.39, 0.29) is 30.6 Å². The van der Waals surface area contributed by atoms with Gasteiger partial charge in [0.2, 0.25) is 0 Å². The molecular formula is C12H22INO. The Labute approximate surface area is 111 Å². The first-order chi connectivity index (χ1) is 6.74. The van der Waals surface area contributed by atoms with Crippen LogP contribution in [-0.4, -0.2) is 42.4 Å². The van der Waals surface area contributed by atoms with Gasteiger partial charge in [-0.25, -0.2) is 0 Å². The number of aliphatic hydroxyl groups is 1. The van der Waals surface area contributed by atoms with Crippen molar-refractivity contribution in [1.29, 1.82) is 0 Å². The molecule has 0 bridgehead atoms. The van der Waals surface area contributed by atoms with Crippen LogP contribution in [0.3, 0.4) is 0 Å². The fourth-order valence-electron chi connectivity index (χ4n) is 1.73. The van der Waals surface area contributed by atoms with Crippen molar-refractivity contribution < 1.29 is 33.6 Å². The number of aliphatic hydroxyl groups excluding tert-OH is 1. The zero-order valence-corrected chi connectivity index (χ0v) is 11.5. The first-order valence-corrected chi connectivity index (χ1v) is 5.03. The first-order valence-electron chi connectivity index (χ1n) is 5.03. The summed E-state index contributed by atoms with van der Waals surface area (Å²) in [5.74, 6) is 0. The predicted molar refractivity (Wildman–Crippen MR) is 62.0 cm³/mol. The molecule has 0 aromatic carbocycles. The van der Waals surface area contributed by atoms with Crippen molar-refractivity contribution in [3.05, 3.63) is 38.0 Å². The highest BCUT2D eigenvalue weighted by atomic mass is 127. The van der Waals surface area contributed by atoms with Gasteiger partial charge >= 0.3 is 0 Å². The molecule has 0 rings (SSSR count). The maximum absolute atomic E-state index is 8.85. The van der Waals surface area contributed by atoms with Crippen LogP contribution in [0, 0.1) is 0 Å². The highest BCUT2D eigenvalue weighted by Crippen LogP contribution is 2.09. The summed E-state index contributed by atoms with van der Waals surface area (Å²) in [5.41, 5.74) is 0. The third kappa shape index (κ3) is 6.87. The molecule has 0 aromatic rings. The van der Waals surface area contributed by atoms with Gasteiger partial charge in [0.15, 0.2) is 0 Å².